The van der Waals surface area contributed by atoms with Crippen molar-refractivity contribution in [3.8, 4) is 0 Å². The molecule has 1 saturated carbocycles. The van der Waals surface area contributed by atoms with Gasteiger partial charge in [0.15, 0.2) is 0 Å². The number of halogens is 2. The number of likely N-dealkylation sites (N-methyl/N-ethyl adjacent to an activating group) is 1. The van der Waals surface area contributed by atoms with Crippen LogP contribution in [0, 0.1) is 6.92 Å². The van der Waals surface area contributed by atoms with E-state index in [0.29, 0.717) is 12.2 Å². The maximum Gasteiger partial charge on any atom is 0.282 e. The molecule has 146 valence electrons. The van der Waals surface area contributed by atoms with Crippen LogP contribution in [-0.2, 0) is 10.2 Å². The van der Waals surface area contributed by atoms with Crippen LogP contribution in [0.2, 0.25) is 0 Å². The van der Waals surface area contributed by atoms with Crippen molar-refractivity contribution in [2.45, 2.75) is 57.4 Å². The zero-order valence-electron chi connectivity index (χ0n) is 16.2. The van der Waals surface area contributed by atoms with E-state index in [9.17, 15) is 13.6 Å². The molecular weight excluding hydrogens is 348 g/mol. The Kier molecular flexibility index (Phi) is 5.63. The van der Waals surface area contributed by atoms with E-state index in [1.807, 2.05) is 18.2 Å². The van der Waals surface area contributed by atoms with Crippen molar-refractivity contribution in [1.82, 2.24) is 14.7 Å². The molecule has 1 fully saturated rings. The summed E-state index contributed by atoms with van der Waals surface area (Å²) in [5, 5.41) is 3.94. The molecule has 4 nitrogen and oxygen atoms in total. The summed E-state index contributed by atoms with van der Waals surface area (Å²) in [7, 11) is 1.80. The highest BCUT2D eigenvalue weighted by atomic mass is 19.3. The normalized spacial score (nSPS) is 17.3. The maximum atomic E-state index is 13.0. The SMILES string of the molecule is Cc1cc(C(F)F)nn1C(C)C(=O)N(C)CC1(c2ccccc2)CCCC1. The first-order valence-electron chi connectivity index (χ1n) is 9.49. The Bertz CT molecular complexity index is 782. The van der Waals surface area contributed by atoms with Crippen LogP contribution >= 0.6 is 0 Å². The number of carbonyl (C=O) groups excluding carboxylic acids is 1. The second-order valence-corrected chi connectivity index (χ2v) is 7.68. The molecule has 0 saturated heterocycles. The molecule has 1 unspecified atom stereocenters. The van der Waals surface area contributed by atoms with Gasteiger partial charge in [0.25, 0.3) is 6.43 Å². The van der Waals surface area contributed by atoms with E-state index in [0.717, 1.165) is 25.7 Å². The average molecular weight is 375 g/mol. The number of hydrogen-bond donors (Lipinski definition) is 0. The van der Waals surface area contributed by atoms with Gasteiger partial charge >= 0.3 is 0 Å². The highest BCUT2D eigenvalue weighted by molar-refractivity contribution is 5.80. The van der Waals surface area contributed by atoms with Gasteiger partial charge in [0.2, 0.25) is 5.91 Å². The summed E-state index contributed by atoms with van der Waals surface area (Å²) >= 11 is 0. The van der Waals surface area contributed by atoms with Gasteiger partial charge in [-0.25, -0.2) is 8.78 Å². The third kappa shape index (κ3) is 3.89. The second-order valence-electron chi connectivity index (χ2n) is 7.68. The Balaban J connectivity index is 1.78. The van der Waals surface area contributed by atoms with E-state index in [-0.39, 0.29) is 17.0 Å². The minimum atomic E-state index is -2.63. The van der Waals surface area contributed by atoms with Crippen LogP contribution in [0.3, 0.4) is 0 Å². The first-order chi connectivity index (χ1) is 12.8. The van der Waals surface area contributed by atoms with Gasteiger partial charge in [-0.1, -0.05) is 43.2 Å². The van der Waals surface area contributed by atoms with Crippen LogP contribution < -0.4 is 0 Å². The molecule has 1 aromatic heterocycles. The standard InChI is InChI=1S/C21H27F2N3O/c1-15-13-18(19(22)23)24-26(15)16(2)20(27)25(3)14-21(11-7-8-12-21)17-9-5-4-6-10-17/h4-6,9-10,13,16,19H,7-8,11-12,14H2,1-3H3. The number of aromatic nitrogens is 2. The Morgan fingerprint density at radius 1 is 1.26 bits per heavy atom. The van der Waals surface area contributed by atoms with E-state index in [2.05, 4.69) is 17.2 Å². The zero-order chi connectivity index (χ0) is 19.6. The predicted octanol–water partition coefficient (Wildman–Crippen LogP) is 4.66. The molecule has 1 aromatic carbocycles. The molecule has 0 N–H and O–H groups in total. The quantitative estimate of drug-likeness (QED) is 0.736. The van der Waals surface area contributed by atoms with Gasteiger partial charge in [-0.05, 0) is 38.3 Å². The number of amides is 1. The summed E-state index contributed by atoms with van der Waals surface area (Å²) in [6, 6.07) is 11.1. The third-order valence-corrected chi connectivity index (χ3v) is 5.75. The molecule has 1 aliphatic carbocycles. The lowest BCUT2D eigenvalue weighted by atomic mass is 9.78. The molecule has 0 aliphatic heterocycles. The number of rotatable bonds is 6. The van der Waals surface area contributed by atoms with Gasteiger partial charge in [0.1, 0.15) is 11.7 Å². The van der Waals surface area contributed by atoms with Crippen molar-refractivity contribution in [2.24, 2.45) is 0 Å². The second kappa shape index (κ2) is 7.79. The monoisotopic (exact) mass is 375 g/mol. The molecule has 1 heterocycles. The summed E-state index contributed by atoms with van der Waals surface area (Å²) < 4.78 is 27.2. The summed E-state index contributed by atoms with van der Waals surface area (Å²) in [6.07, 6.45) is 1.79. The maximum absolute atomic E-state index is 13.0. The van der Waals surface area contributed by atoms with Crippen LogP contribution in [0.25, 0.3) is 0 Å². The Labute approximate surface area is 159 Å². The fourth-order valence-corrected chi connectivity index (χ4v) is 4.35. The first-order valence-corrected chi connectivity index (χ1v) is 9.49. The highest BCUT2D eigenvalue weighted by Crippen LogP contribution is 2.41. The summed E-state index contributed by atoms with van der Waals surface area (Å²) in [4.78, 5) is 14.8. The number of hydrogen-bond acceptors (Lipinski definition) is 2. The lowest BCUT2D eigenvalue weighted by molar-refractivity contribution is -0.134. The molecular formula is C21H27F2N3O. The topological polar surface area (TPSA) is 38.1 Å². The minimum absolute atomic E-state index is 0.0291. The molecule has 6 heteroatoms. The van der Waals surface area contributed by atoms with Crippen LogP contribution in [0.1, 0.15) is 62.0 Å². The lowest BCUT2D eigenvalue weighted by Crippen LogP contribution is -2.43. The number of benzene rings is 1. The van der Waals surface area contributed by atoms with Gasteiger partial charge in [0.05, 0.1) is 0 Å². The highest BCUT2D eigenvalue weighted by Gasteiger charge is 2.38. The summed E-state index contributed by atoms with van der Waals surface area (Å²) in [6.45, 7) is 4.05. The molecule has 27 heavy (non-hydrogen) atoms. The smallest absolute Gasteiger partial charge is 0.282 e. The average Bonchev–Trinajstić information content (AvgIpc) is 3.29. The van der Waals surface area contributed by atoms with E-state index < -0.39 is 12.5 Å². The Morgan fingerprint density at radius 3 is 2.44 bits per heavy atom. The molecule has 3 rings (SSSR count). The molecule has 1 atom stereocenters. The fraction of sp³-hybridized carbons (Fsp3) is 0.524. The zero-order valence-corrected chi connectivity index (χ0v) is 16.2. The summed E-state index contributed by atoms with van der Waals surface area (Å²) in [5.74, 6) is -0.107. The van der Waals surface area contributed by atoms with Crippen molar-refractivity contribution in [3.05, 3.63) is 53.3 Å². The van der Waals surface area contributed by atoms with Crippen LogP contribution in [0.4, 0.5) is 8.78 Å². The van der Waals surface area contributed by atoms with Crippen LogP contribution in [-0.4, -0.2) is 34.2 Å². The van der Waals surface area contributed by atoms with Crippen LogP contribution in [0.15, 0.2) is 36.4 Å². The lowest BCUT2D eigenvalue weighted by Gasteiger charge is -2.35. The fourth-order valence-electron chi connectivity index (χ4n) is 4.35. The molecule has 0 radical (unpaired) electrons. The van der Waals surface area contributed by atoms with Gasteiger partial charge in [0, 0.05) is 24.7 Å². The van der Waals surface area contributed by atoms with Gasteiger partial charge in [-0.2, -0.15) is 5.10 Å². The molecule has 1 aliphatic rings. The van der Waals surface area contributed by atoms with E-state index in [4.69, 9.17) is 0 Å². The molecule has 1 amide bonds. The number of carbonyl (C=O) groups is 1. The van der Waals surface area contributed by atoms with Crippen LogP contribution in [0.5, 0.6) is 0 Å². The van der Waals surface area contributed by atoms with E-state index in [1.54, 1.807) is 25.8 Å². The van der Waals surface area contributed by atoms with Crippen molar-refractivity contribution in [1.29, 1.82) is 0 Å². The first kappa shape index (κ1) is 19.5. The van der Waals surface area contributed by atoms with Gasteiger partial charge < -0.3 is 4.90 Å². The van der Waals surface area contributed by atoms with Gasteiger partial charge in [-0.3, -0.25) is 9.48 Å². The number of nitrogens with zero attached hydrogens (tertiary/aromatic N) is 3. The largest absolute Gasteiger partial charge is 0.343 e. The number of alkyl halides is 2. The number of aryl methyl sites for hydroxylation is 1. The van der Waals surface area contributed by atoms with E-state index in [1.165, 1.54) is 16.3 Å². The third-order valence-electron chi connectivity index (χ3n) is 5.75. The Morgan fingerprint density at radius 2 is 1.89 bits per heavy atom. The molecule has 0 bridgehead atoms. The van der Waals surface area contributed by atoms with Crippen molar-refractivity contribution >= 4 is 5.91 Å². The Hall–Kier alpha value is -2.24. The summed E-state index contributed by atoms with van der Waals surface area (Å²) in [5.41, 5.74) is 1.52. The van der Waals surface area contributed by atoms with E-state index >= 15 is 0 Å². The van der Waals surface area contributed by atoms with Gasteiger partial charge in [-0.15, -0.1) is 0 Å². The minimum Gasteiger partial charge on any atom is -0.343 e. The molecule has 2 aromatic rings. The van der Waals surface area contributed by atoms with Crippen molar-refractivity contribution in [2.75, 3.05) is 13.6 Å². The molecule has 0 spiro atoms. The van der Waals surface area contributed by atoms with Crippen molar-refractivity contribution < 1.29 is 13.6 Å². The van der Waals surface area contributed by atoms with Crippen molar-refractivity contribution in [3.63, 3.8) is 0 Å². The predicted molar refractivity (Wildman–Crippen MR) is 101 cm³/mol.